The smallest absolute Gasteiger partial charge is 0.407 e. The maximum absolute atomic E-state index is 14.5. The van der Waals surface area contributed by atoms with E-state index >= 15 is 0 Å². The van der Waals surface area contributed by atoms with Crippen LogP contribution in [0.2, 0.25) is 0 Å². The fourth-order valence-corrected chi connectivity index (χ4v) is 10.3. The molecule has 79 heavy (non-hydrogen) atoms. The van der Waals surface area contributed by atoms with Crippen LogP contribution in [0.3, 0.4) is 0 Å². The molecule has 0 radical (unpaired) electrons. The monoisotopic (exact) mass is 1070 g/mol. The first-order chi connectivity index (χ1) is 37.8. The standard InChI is InChI=1S/C64H72N4O11/c1-11-38(2)56(68-62(73)77-37-49-45-23-17-15-21-43(45)44-22-16-18-24-46(44)49)61(72)67-52(33-40-25-27-42(28-26-40)79-63(4,5)6)60(71)66-39(3)59(70)65-35-48-54(75-10)32-30-51-58(48)78-57-47(53(74-9)31-29-50(57)64(51,7)8)34-55(69)76-36-41-19-13-12-14-20-41/h12-32,38-39,49,52,56H,11,33-37H2,1-10H3,(H,65,70)(H,66,71)(H,67,72)(H,68,73)/t38-,39-,52-,56-/m0/s1. The number of benzene rings is 6. The van der Waals surface area contributed by atoms with E-state index in [-0.39, 0.29) is 44.4 Å². The second-order valence-corrected chi connectivity index (χ2v) is 21.7. The average Bonchev–Trinajstić information content (AvgIpc) is 3.39. The predicted molar refractivity (Wildman–Crippen MR) is 301 cm³/mol. The van der Waals surface area contributed by atoms with Crippen molar-refractivity contribution < 1.29 is 52.4 Å². The maximum atomic E-state index is 14.5. The first-order valence-electron chi connectivity index (χ1n) is 26.9. The summed E-state index contributed by atoms with van der Waals surface area (Å²) in [5.41, 5.74) is 7.41. The number of carbonyl (C=O) groups is 5. The van der Waals surface area contributed by atoms with Crippen LogP contribution in [0.15, 0.2) is 127 Å². The molecule has 15 nitrogen and oxygen atoms in total. The zero-order chi connectivity index (χ0) is 56.6. The van der Waals surface area contributed by atoms with Crippen molar-refractivity contribution in [1.29, 1.82) is 0 Å². The quantitative estimate of drug-likeness (QED) is 0.0502. The van der Waals surface area contributed by atoms with Crippen molar-refractivity contribution in [3.05, 3.63) is 172 Å². The molecule has 2 aliphatic rings. The molecule has 15 heteroatoms. The molecule has 0 aromatic heterocycles. The van der Waals surface area contributed by atoms with Gasteiger partial charge in [0.2, 0.25) is 17.7 Å². The van der Waals surface area contributed by atoms with Crippen molar-refractivity contribution in [3.63, 3.8) is 0 Å². The number of rotatable bonds is 21. The summed E-state index contributed by atoms with van der Waals surface area (Å²) in [6.07, 6.45) is -0.339. The third kappa shape index (κ3) is 13.2. The molecule has 6 aromatic carbocycles. The van der Waals surface area contributed by atoms with E-state index in [9.17, 15) is 24.0 Å². The molecule has 0 bridgehead atoms. The van der Waals surface area contributed by atoms with Crippen molar-refractivity contribution in [2.45, 2.75) is 123 Å². The number of amides is 4. The molecule has 0 unspecified atom stereocenters. The van der Waals surface area contributed by atoms with Gasteiger partial charge in [0.25, 0.3) is 0 Å². The van der Waals surface area contributed by atoms with E-state index in [0.717, 1.165) is 38.9 Å². The lowest BCUT2D eigenvalue weighted by molar-refractivity contribution is -0.144. The second-order valence-electron chi connectivity index (χ2n) is 21.7. The number of esters is 1. The molecular weight excluding hydrogens is 1000 g/mol. The van der Waals surface area contributed by atoms with Gasteiger partial charge in [-0.05, 0) is 91.3 Å². The first-order valence-corrected chi connectivity index (χ1v) is 26.9. The lowest BCUT2D eigenvalue weighted by Crippen LogP contribution is -2.58. The van der Waals surface area contributed by atoms with Gasteiger partial charge < -0.3 is 49.7 Å². The number of hydrogen-bond donors (Lipinski definition) is 4. The highest BCUT2D eigenvalue weighted by atomic mass is 16.6. The van der Waals surface area contributed by atoms with Gasteiger partial charge in [-0.2, -0.15) is 0 Å². The van der Waals surface area contributed by atoms with Crippen LogP contribution >= 0.6 is 0 Å². The Kier molecular flexibility index (Phi) is 17.7. The van der Waals surface area contributed by atoms with Crippen LogP contribution in [0.1, 0.15) is 112 Å². The molecule has 4 amide bonds. The number of alkyl carbamates (subject to hydrolysis) is 1. The van der Waals surface area contributed by atoms with Crippen molar-refractivity contribution in [2.75, 3.05) is 20.8 Å². The van der Waals surface area contributed by atoms with Crippen LogP contribution < -0.4 is 40.2 Å². The van der Waals surface area contributed by atoms with Crippen LogP contribution in [0.5, 0.6) is 28.7 Å². The average molecular weight is 1070 g/mol. The van der Waals surface area contributed by atoms with Crippen molar-refractivity contribution in [2.24, 2.45) is 5.92 Å². The summed E-state index contributed by atoms with van der Waals surface area (Å²) in [6, 6.07) is 36.8. The van der Waals surface area contributed by atoms with E-state index in [0.29, 0.717) is 51.9 Å². The molecule has 1 aliphatic heterocycles. The van der Waals surface area contributed by atoms with Gasteiger partial charge in [0.1, 0.15) is 65.7 Å². The van der Waals surface area contributed by atoms with Crippen LogP contribution in [0, 0.1) is 5.92 Å². The molecule has 6 aromatic rings. The van der Waals surface area contributed by atoms with Crippen LogP contribution in [0.4, 0.5) is 4.79 Å². The minimum atomic E-state index is -1.19. The molecular formula is C64H72N4O11. The van der Waals surface area contributed by atoms with E-state index < -0.39 is 58.9 Å². The molecule has 414 valence electrons. The van der Waals surface area contributed by atoms with Gasteiger partial charge in [-0.15, -0.1) is 0 Å². The summed E-state index contributed by atoms with van der Waals surface area (Å²) in [5.74, 6) is -0.394. The van der Waals surface area contributed by atoms with Gasteiger partial charge in [-0.1, -0.05) is 137 Å². The van der Waals surface area contributed by atoms with E-state index in [4.69, 9.17) is 28.4 Å². The zero-order valence-corrected chi connectivity index (χ0v) is 46.7. The summed E-state index contributed by atoms with van der Waals surface area (Å²) >= 11 is 0. The largest absolute Gasteiger partial charge is 0.496 e. The summed E-state index contributed by atoms with van der Waals surface area (Å²) < 4.78 is 36.0. The molecule has 4 N–H and O–H groups in total. The Morgan fingerprint density at radius 3 is 1.82 bits per heavy atom. The number of carbonyl (C=O) groups excluding carboxylic acids is 5. The Balaban J connectivity index is 0.979. The van der Waals surface area contributed by atoms with Gasteiger partial charge in [0.05, 0.1) is 32.7 Å². The number of ether oxygens (including phenoxy) is 6. The Hall–Kier alpha value is -8.33. The Bertz CT molecular complexity index is 3140. The highest BCUT2D eigenvalue weighted by Crippen LogP contribution is 2.53. The Morgan fingerprint density at radius 1 is 0.646 bits per heavy atom. The van der Waals surface area contributed by atoms with Gasteiger partial charge in [-0.25, -0.2) is 4.79 Å². The SMILES string of the molecule is CC[C@H](C)[C@H](NC(=O)OCC1c2ccccc2-c2ccccc21)C(=O)N[C@@H](Cc1ccc(OC(C)(C)C)cc1)C(=O)N[C@@H](C)C(=O)NCc1c(OC)ccc2c1Oc1c(ccc(OC)c1CC(=O)OCc1ccccc1)C2(C)C. The molecule has 0 fully saturated rings. The Morgan fingerprint density at radius 2 is 1.23 bits per heavy atom. The zero-order valence-electron chi connectivity index (χ0n) is 46.7. The number of nitrogens with one attached hydrogen (secondary N) is 4. The topological polar surface area (TPSA) is 189 Å². The molecule has 1 aliphatic carbocycles. The van der Waals surface area contributed by atoms with Crippen molar-refractivity contribution in [1.82, 2.24) is 21.3 Å². The van der Waals surface area contributed by atoms with E-state index in [1.54, 1.807) is 19.1 Å². The lowest BCUT2D eigenvalue weighted by Gasteiger charge is -2.37. The number of methoxy groups -OCH3 is 2. The minimum absolute atomic E-state index is 0.0410. The Labute approximate surface area is 463 Å². The fourth-order valence-electron chi connectivity index (χ4n) is 10.3. The molecule has 0 saturated carbocycles. The van der Waals surface area contributed by atoms with E-state index in [1.165, 1.54) is 14.2 Å². The van der Waals surface area contributed by atoms with E-state index in [2.05, 4.69) is 47.2 Å². The number of fused-ring (bicyclic) bond motifs is 5. The normalized spacial score (nSPS) is 14.5. The highest BCUT2D eigenvalue weighted by molar-refractivity contribution is 5.94. The molecule has 8 rings (SSSR count). The maximum Gasteiger partial charge on any atom is 0.407 e. The summed E-state index contributed by atoms with van der Waals surface area (Å²) in [6.45, 7) is 15.3. The summed E-state index contributed by atoms with van der Waals surface area (Å²) in [4.78, 5) is 70.1. The molecule has 4 atom stereocenters. The van der Waals surface area contributed by atoms with Gasteiger partial charge in [-0.3, -0.25) is 19.2 Å². The van der Waals surface area contributed by atoms with Gasteiger partial charge in [0.15, 0.2) is 0 Å². The molecule has 0 saturated heterocycles. The lowest BCUT2D eigenvalue weighted by atomic mass is 9.74. The number of hydrogen-bond acceptors (Lipinski definition) is 11. The summed E-state index contributed by atoms with van der Waals surface area (Å²) in [7, 11) is 3.05. The van der Waals surface area contributed by atoms with Crippen LogP contribution in [-0.2, 0) is 60.1 Å². The van der Waals surface area contributed by atoms with Gasteiger partial charge in [0, 0.05) is 34.4 Å². The molecule has 0 spiro atoms. The third-order valence-electron chi connectivity index (χ3n) is 14.7. The summed E-state index contributed by atoms with van der Waals surface area (Å²) in [5, 5.41) is 11.5. The second kappa shape index (κ2) is 24.6. The van der Waals surface area contributed by atoms with Gasteiger partial charge >= 0.3 is 12.1 Å². The van der Waals surface area contributed by atoms with Crippen molar-refractivity contribution in [3.8, 4) is 39.9 Å². The first kappa shape index (κ1) is 56.9. The van der Waals surface area contributed by atoms with E-state index in [1.807, 2.05) is 138 Å². The van der Waals surface area contributed by atoms with Crippen LogP contribution in [-0.4, -0.2) is 74.3 Å². The minimum Gasteiger partial charge on any atom is -0.496 e. The predicted octanol–water partition coefficient (Wildman–Crippen LogP) is 10.4. The third-order valence-corrected chi connectivity index (χ3v) is 14.7. The molecule has 1 heterocycles. The van der Waals surface area contributed by atoms with Crippen molar-refractivity contribution >= 4 is 29.8 Å². The highest BCUT2D eigenvalue weighted by Gasteiger charge is 2.40. The fraction of sp³-hybridized carbons (Fsp3) is 0.359. The van der Waals surface area contributed by atoms with Crippen LogP contribution in [0.25, 0.3) is 11.1 Å².